The maximum Gasteiger partial charge on any atom is 0.254 e. The molecule has 4 rings (SSSR count). The van der Waals surface area contributed by atoms with Crippen LogP contribution in [0.1, 0.15) is 34.3 Å². The van der Waals surface area contributed by atoms with Crippen molar-refractivity contribution in [2.24, 2.45) is 7.05 Å². The normalized spacial score (nSPS) is 17.7. The standard InChI is InChI=1S/C19H23N5OS/c1-12-6-7-16-17(13(12)2)22-19(26-16)24-8-4-5-15(11-24)21-18(25)14-9-20-23(3)10-14/h6-7,9-10,15H,4-5,8,11H2,1-3H3,(H,21,25). The molecule has 6 nitrogen and oxygen atoms in total. The number of aromatic nitrogens is 3. The lowest BCUT2D eigenvalue weighted by molar-refractivity contribution is 0.0933. The Balaban J connectivity index is 1.50. The van der Waals surface area contributed by atoms with E-state index in [2.05, 4.69) is 41.3 Å². The van der Waals surface area contributed by atoms with E-state index < -0.39 is 0 Å². The van der Waals surface area contributed by atoms with E-state index in [1.165, 1.54) is 15.8 Å². The van der Waals surface area contributed by atoms with Crippen molar-refractivity contribution in [1.82, 2.24) is 20.1 Å². The van der Waals surface area contributed by atoms with Gasteiger partial charge < -0.3 is 10.2 Å². The van der Waals surface area contributed by atoms with Crippen molar-refractivity contribution in [1.29, 1.82) is 0 Å². The van der Waals surface area contributed by atoms with Gasteiger partial charge in [-0.3, -0.25) is 9.48 Å². The van der Waals surface area contributed by atoms with Crippen LogP contribution < -0.4 is 10.2 Å². The van der Waals surface area contributed by atoms with E-state index in [1.54, 1.807) is 28.4 Å². The number of piperidine rings is 1. The Hall–Kier alpha value is -2.41. The molecule has 3 aromatic rings. The number of hydrogen-bond donors (Lipinski definition) is 1. The van der Waals surface area contributed by atoms with Crippen LogP contribution in [-0.4, -0.2) is 39.8 Å². The van der Waals surface area contributed by atoms with Crippen LogP contribution in [0.15, 0.2) is 24.5 Å². The maximum atomic E-state index is 12.4. The molecule has 0 radical (unpaired) electrons. The van der Waals surface area contributed by atoms with Gasteiger partial charge in [0.2, 0.25) is 0 Å². The molecule has 0 bridgehead atoms. The summed E-state index contributed by atoms with van der Waals surface area (Å²) in [6.07, 6.45) is 5.39. The van der Waals surface area contributed by atoms with E-state index in [4.69, 9.17) is 4.98 Å². The smallest absolute Gasteiger partial charge is 0.254 e. The van der Waals surface area contributed by atoms with E-state index in [9.17, 15) is 4.79 Å². The van der Waals surface area contributed by atoms with Gasteiger partial charge in [-0.15, -0.1) is 0 Å². The molecule has 7 heteroatoms. The summed E-state index contributed by atoms with van der Waals surface area (Å²) in [5.41, 5.74) is 4.24. The Bertz CT molecular complexity index is 960. The van der Waals surface area contributed by atoms with Crippen LogP contribution in [-0.2, 0) is 7.05 Å². The van der Waals surface area contributed by atoms with Crippen molar-refractivity contribution in [3.8, 4) is 0 Å². The van der Waals surface area contributed by atoms with Gasteiger partial charge in [-0.2, -0.15) is 5.10 Å². The molecule has 1 aromatic carbocycles. The second-order valence-corrected chi connectivity index (χ2v) is 8.02. The highest BCUT2D eigenvalue weighted by atomic mass is 32.1. The molecule has 2 aromatic heterocycles. The van der Waals surface area contributed by atoms with Crippen molar-refractivity contribution in [2.45, 2.75) is 32.7 Å². The first-order valence-corrected chi connectivity index (χ1v) is 9.74. The minimum Gasteiger partial charge on any atom is -0.347 e. The van der Waals surface area contributed by atoms with Crippen LogP contribution in [0.3, 0.4) is 0 Å². The number of carbonyl (C=O) groups excluding carboxylic acids is 1. The lowest BCUT2D eigenvalue weighted by Gasteiger charge is -2.32. The summed E-state index contributed by atoms with van der Waals surface area (Å²) in [6, 6.07) is 4.45. The van der Waals surface area contributed by atoms with Crippen molar-refractivity contribution in [3.05, 3.63) is 41.2 Å². The summed E-state index contributed by atoms with van der Waals surface area (Å²) >= 11 is 1.74. The highest BCUT2D eigenvalue weighted by molar-refractivity contribution is 7.22. The third kappa shape index (κ3) is 3.19. The molecule has 0 spiro atoms. The zero-order valence-electron chi connectivity index (χ0n) is 15.3. The van der Waals surface area contributed by atoms with E-state index >= 15 is 0 Å². The number of nitrogens with zero attached hydrogens (tertiary/aromatic N) is 4. The van der Waals surface area contributed by atoms with Gasteiger partial charge in [-0.05, 0) is 43.9 Å². The van der Waals surface area contributed by atoms with Gasteiger partial charge in [-0.1, -0.05) is 17.4 Å². The van der Waals surface area contributed by atoms with Gasteiger partial charge in [0, 0.05) is 32.4 Å². The molecule has 1 N–H and O–H groups in total. The van der Waals surface area contributed by atoms with Gasteiger partial charge in [0.05, 0.1) is 22.0 Å². The van der Waals surface area contributed by atoms with Gasteiger partial charge in [-0.25, -0.2) is 4.98 Å². The monoisotopic (exact) mass is 369 g/mol. The van der Waals surface area contributed by atoms with Crippen LogP contribution in [0.25, 0.3) is 10.2 Å². The van der Waals surface area contributed by atoms with Crippen molar-refractivity contribution >= 4 is 32.6 Å². The van der Waals surface area contributed by atoms with Crippen molar-refractivity contribution in [2.75, 3.05) is 18.0 Å². The fourth-order valence-electron chi connectivity index (χ4n) is 3.43. The van der Waals surface area contributed by atoms with Gasteiger partial charge in [0.25, 0.3) is 5.91 Å². The zero-order valence-corrected chi connectivity index (χ0v) is 16.1. The molecule has 1 fully saturated rings. The zero-order chi connectivity index (χ0) is 18.3. The number of amides is 1. The summed E-state index contributed by atoms with van der Waals surface area (Å²) in [4.78, 5) is 19.6. The Morgan fingerprint density at radius 2 is 2.19 bits per heavy atom. The maximum absolute atomic E-state index is 12.4. The average molecular weight is 369 g/mol. The quantitative estimate of drug-likeness (QED) is 0.771. The minimum atomic E-state index is -0.0549. The Morgan fingerprint density at radius 3 is 2.96 bits per heavy atom. The number of fused-ring (bicyclic) bond motifs is 1. The fourth-order valence-corrected chi connectivity index (χ4v) is 4.49. The summed E-state index contributed by atoms with van der Waals surface area (Å²) in [5.74, 6) is -0.0549. The number of hydrogen-bond acceptors (Lipinski definition) is 5. The highest BCUT2D eigenvalue weighted by Crippen LogP contribution is 2.33. The molecular weight excluding hydrogens is 346 g/mol. The Morgan fingerprint density at radius 1 is 1.35 bits per heavy atom. The topological polar surface area (TPSA) is 63.1 Å². The molecule has 0 aliphatic carbocycles. The molecule has 1 saturated heterocycles. The first-order chi connectivity index (χ1) is 12.5. The van der Waals surface area contributed by atoms with Crippen molar-refractivity contribution in [3.63, 3.8) is 0 Å². The summed E-state index contributed by atoms with van der Waals surface area (Å²) in [7, 11) is 1.82. The van der Waals surface area contributed by atoms with Gasteiger partial charge in [0.1, 0.15) is 0 Å². The Kier molecular flexibility index (Phi) is 4.40. The molecule has 26 heavy (non-hydrogen) atoms. The second kappa shape index (κ2) is 6.72. The predicted molar refractivity (Wildman–Crippen MR) is 105 cm³/mol. The molecule has 0 saturated carbocycles. The summed E-state index contributed by atoms with van der Waals surface area (Å²) < 4.78 is 2.87. The van der Waals surface area contributed by atoms with Crippen LogP contribution in [0, 0.1) is 13.8 Å². The molecule has 1 amide bonds. The molecule has 1 aliphatic rings. The first-order valence-electron chi connectivity index (χ1n) is 8.92. The third-order valence-electron chi connectivity index (χ3n) is 5.07. The van der Waals surface area contributed by atoms with E-state index in [1.807, 2.05) is 7.05 Å². The molecule has 1 unspecified atom stereocenters. The number of anilines is 1. The minimum absolute atomic E-state index is 0.0549. The molecule has 3 heterocycles. The predicted octanol–water partition coefficient (Wildman–Crippen LogP) is 3.05. The second-order valence-electron chi connectivity index (χ2n) is 7.01. The summed E-state index contributed by atoms with van der Waals surface area (Å²) in [5, 5.41) is 8.27. The van der Waals surface area contributed by atoms with Gasteiger partial charge >= 0.3 is 0 Å². The van der Waals surface area contributed by atoms with E-state index in [0.29, 0.717) is 5.56 Å². The van der Waals surface area contributed by atoms with Crippen LogP contribution in [0.2, 0.25) is 0 Å². The summed E-state index contributed by atoms with van der Waals surface area (Å²) in [6.45, 7) is 6.04. The SMILES string of the molecule is Cc1ccc2sc(N3CCCC(NC(=O)c4cnn(C)c4)C3)nc2c1C. The van der Waals surface area contributed by atoms with Crippen molar-refractivity contribution < 1.29 is 4.79 Å². The van der Waals surface area contributed by atoms with Gasteiger partial charge in [0.15, 0.2) is 5.13 Å². The van der Waals surface area contributed by atoms with E-state index in [0.717, 1.165) is 36.6 Å². The fraction of sp³-hybridized carbons (Fsp3) is 0.421. The molecule has 136 valence electrons. The largest absolute Gasteiger partial charge is 0.347 e. The number of nitrogens with one attached hydrogen (secondary N) is 1. The van der Waals surface area contributed by atoms with Crippen LogP contribution in [0.4, 0.5) is 5.13 Å². The highest BCUT2D eigenvalue weighted by Gasteiger charge is 2.24. The molecule has 1 aliphatic heterocycles. The number of rotatable bonds is 3. The number of thiazole rings is 1. The van der Waals surface area contributed by atoms with Crippen LogP contribution >= 0.6 is 11.3 Å². The average Bonchev–Trinajstić information content (AvgIpc) is 3.25. The van der Waals surface area contributed by atoms with Crippen LogP contribution in [0.5, 0.6) is 0 Å². The number of benzene rings is 1. The lowest BCUT2D eigenvalue weighted by Crippen LogP contribution is -2.47. The first kappa shape index (κ1) is 17.0. The number of aryl methyl sites for hydroxylation is 3. The molecular formula is C19H23N5OS. The Labute approximate surface area is 156 Å². The molecule has 1 atom stereocenters. The third-order valence-corrected chi connectivity index (χ3v) is 6.15. The number of carbonyl (C=O) groups is 1. The van der Waals surface area contributed by atoms with E-state index in [-0.39, 0.29) is 11.9 Å². The lowest BCUT2D eigenvalue weighted by atomic mass is 10.1.